The molecule has 0 radical (unpaired) electrons. The van der Waals surface area contributed by atoms with Crippen LogP contribution < -0.4 is 10.6 Å². The number of nitrogens with zero attached hydrogens (tertiary/aromatic N) is 2. The van der Waals surface area contributed by atoms with Gasteiger partial charge in [0.15, 0.2) is 0 Å². The Morgan fingerprint density at radius 1 is 1.30 bits per heavy atom. The molecule has 0 fully saturated rings. The highest BCUT2D eigenvalue weighted by Gasteiger charge is 2.04. The number of carbonyl (C=O) groups excluding carboxylic acids is 1. The Kier molecular flexibility index (Phi) is 4.90. The Balaban J connectivity index is 1.69. The van der Waals surface area contributed by atoms with Crippen LogP contribution >= 0.6 is 0 Å². The summed E-state index contributed by atoms with van der Waals surface area (Å²) < 4.78 is 1.78. The van der Waals surface area contributed by atoms with Crippen molar-refractivity contribution in [2.75, 3.05) is 18.4 Å². The Morgan fingerprint density at radius 3 is 2.80 bits per heavy atom. The first-order valence-electron chi connectivity index (χ1n) is 6.70. The molecular weight excluding hydrogens is 252 g/mol. The minimum atomic E-state index is -0.0275. The van der Waals surface area contributed by atoms with Crippen LogP contribution in [-0.2, 0) is 18.3 Å². The first kappa shape index (κ1) is 14.3. The molecular formula is C15H20N4O. The van der Waals surface area contributed by atoms with E-state index < -0.39 is 0 Å². The highest BCUT2D eigenvalue weighted by Crippen LogP contribution is 2.12. The van der Waals surface area contributed by atoms with Gasteiger partial charge >= 0.3 is 0 Å². The standard InChI is InChI=1S/C15H20N4O/c1-12-5-3-4-6-14(12)17-15(20)11-16-9-7-13-8-10-19(2)18-13/h3-6,8,10,16H,7,9,11H2,1-2H3,(H,17,20). The Morgan fingerprint density at radius 2 is 2.10 bits per heavy atom. The molecule has 1 amide bonds. The Labute approximate surface area is 119 Å². The molecule has 1 aromatic heterocycles. The highest BCUT2D eigenvalue weighted by molar-refractivity contribution is 5.92. The maximum Gasteiger partial charge on any atom is 0.238 e. The average molecular weight is 272 g/mol. The fourth-order valence-electron chi connectivity index (χ4n) is 1.92. The zero-order valence-electron chi connectivity index (χ0n) is 11.9. The summed E-state index contributed by atoms with van der Waals surface area (Å²) in [6, 6.07) is 9.73. The third-order valence-electron chi connectivity index (χ3n) is 3.03. The van der Waals surface area contributed by atoms with Crippen molar-refractivity contribution in [2.24, 2.45) is 7.05 Å². The number of aromatic nitrogens is 2. The smallest absolute Gasteiger partial charge is 0.238 e. The molecule has 0 atom stereocenters. The van der Waals surface area contributed by atoms with Gasteiger partial charge in [-0.1, -0.05) is 18.2 Å². The molecule has 0 bridgehead atoms. The second kappa shape index (κ2) is 6.86. The normalized spacial score (nSPS) is 10.5. The van der Waals surface area contributed by atoms with Crippen LogP contribution in [0.4, 0.5) is 5.69 Å². The molecule has 5 heteroatoms. The average Bonchev–Trinajstić information content (AvgIpc) is 2.83. The molecule has 0 saturated heterocycles. The van der Waals surface area contributed by atoms with Gasteiger partial charge in [-0.05, 0) is 24.6 Å². The van der Waals surface area contributed by atoms with Crippen LogP contribution in [0.3, 0.4) is 0 Å². The molecule has 0 aliphatic heterocycles. The van der Waals surface area contributed by atoms with Crippen molar-refractivity contribution < 1.29 is 4.79 Å². The summed E-state index contributed by atoms with van der Waals surface area (Å²) in [5, 5.41) is 10.3. The molecule has 0 unspecified atom stereocenters. The maximum absolute atomic E-state index is 11.8. The minimum absolute atomic E-state index is 0.0275. The van der Waals surface area contributed by atoms with E-state index in [1.165, 1.54) is 0 Å². The number of hydrogen-bond acceptors (Lipinski definition) is 3. The molecule has 5 nitrogen and oxygen atoms in total. The summed E-state index contributed by atoms with van der Waals surface area (Å²) in [6.07, 6.45) is 2.73. The van der Waals surface area contributed by atoms with Gasteiger partial charge in [0.05, 0.1) is 12.2 Å². The number of para-hydroxylation sites is 1. The largest absolute Gasteiger partial charge is 0.325 e. The van der Waals surface area contributed by atoms with Crippen LogP contribution in [0.5, 0.6) is 0 Å². The number of rotatable bonds is 6. The topological polar surface area (TPSA) is 59.0 Å². The summed E-state index contributed by atoms with van der Waals surface area (Å²) in [7, 11) is 1.90. The lowest BCUT2D eigenvalue weighted by Gasteiger charge is -2.08. The van der Waals surface area contributed by atoms with E-state index in [1.54, 1.807) is 4.68 Å². The van der Waals surface area contributed by atoms with E-state index in [4.69, 9.17) is 0 Å². The first-order valence-corrected chi connectivity index (χ1v) is 6.70. The summed E-state index contributed by atoms with van der Waals surface area (Å²) in [6.45, 7) is 3.02. The fraction of sp³-hybridized carbons (Fsp3) is 0.333. The zero-order chi connectivity index (χ0) is 14.4. The van der Waals surface area contributed by atoms with Crippen molar-refractivity contribution in [3.63, 3.8) is 0 Å². The number of aryl methyl sites for hydroxylation is 2. The lowest BCUT2D eigenvalue weighted by Crippen LogP contribution is -2.29. The number of amides is 1. The lowest BCUT2D eigenvalue weighted by atomic mass is 10.2. The number of anilines is 1. The van der Waals surface area contributed by atoms with Crippen molar-refractivity contribution in [3.05, 3.63) is 47.8 Å². The van der Waals surface area contributed by atoms with Crippen molar-refractivity contribution in [2.45, 2.75) is 13.3 Å². The van der Waals surface area contributed by atoms with Gasteiger partial charge in [0, 0.05) is 31.9 Å². The summed E-state index contributed by atoms with van der Waals surface area (Å²) >= 11 is 0. The van der Waals surface area contributed by atoms with Gasteiger partial charge in [-0.3, -0.25) is 9.48 Å². The van der Waals surface area contributed by atoms with Gasteiger partial charge in [0.25, 0.3) is 0 Å². The van der Waals surface area contributed by atoms with Gasteiger partial charge in [0.2, 0.25) is 5.91 Å². The van der Waals surface area contributed by atoms with Gasteiger partial charge in [-0.2, -0.15) is 5.10 Å². The minimum Gasteiger partial charge on any atom is -0.325 e. The molecule has 0 aliphatic carbocycles. The molecule has 1 heterocycles. The summed E-state index contributed by atoms with van der Waals surface area (Å²) in [4.78, 5) is 11.8. The van der Waals surface area contributed by atoms with Crippen molar-refractivity contribution >= 4 is 11.6 Å². The molecule has 2 aromatic rings. The third kappa shape index (κ3) is 4.20. The molecule has 0 spiro atoms. The van der Waals surface area contributed by atoms with Crippen molar-refractivity contribution in [1.29, 1.82) is 0 Å². The first-order chi connectivity index (χ1) is 9.65. The maximum atomic E-state index is 11.8. The van der Waals surface area contributed by atoms with Crippen molar-refractivity contribution in [1.82, 2.24) is 15.1 Å². The molecule has 2 N–H and O–H groups in total. The molecule has 106 valence electrons. The van der Waals surface area contributed by atoms with Gasteiger partial charge < -0.3 is 10.6 Å². The third-order valence-corrected chi connectivity index (χ3v) is 3.03. The SMILES string of the molecule is Cc1ccccc1NC(=O)CNCCc1ccn(C)n1. The predicted octanol–water partition coefficient (Wildman–Crippen LogP) is 1.50. The number of hydrogen-bond donors (Lipinski definition) is 2. The quantitative estimate of drug-likeness (QED) is 0.783. The zero-order valence-corrected chi connectivity index (χ0v) is 11.9. The number of benzene rings is 1. The highest BCUT2D eigenvalue weighted by atomic mass is 16.1. The molecule has 0 aliphatic rings. The monoisotopic (exact) mass is 272 g/mol. The van der Waals surface area contributed by atoms with E-state index >= 15 is 0 Å². The number of carbonyl (C=O) groups is 1. The van der Waals surface area contributed by atoms with Crippen LogP contribution in [0.1, 0.15) is 11.3 Å². The second-order valence-electron chi connectivity index (χ2n) is 4.77. The van der Waals surface area contributed by atoms with E-state index in [9.17, 15) is 4.79 Å². The van der Waals surface area contributed by atoms with Crippen LogP contribution in [-0.4, -0.2) is 28.8 Å². The molecule has 1 aromatic carbocycles. The fourth-order valence-corrected chi connectivity index (χ4v) is 1.92. The van der Waals surface area contributed by atoms with Gasteiger partial charge in [-0.15, -0.1) is 0 Å². The van der Waals surface area contributed by atoms with Gasteiger partial charge in [-0.25, -0.2) is 0 Å². The Hall–Kier alpha value is -2.14. The van der Waals surface area contributed by atoms with Gasteiger partial charge in [0.1, 0.15) is 0 Å². The molecule has 0 saturated carbocycles. The van der Waals surface area contributed by atoms with Crippen molar-refractivity contribution in [3.8, 4) is 0 Å². The van der Waals surface area contributed by atoms with E-state index in [0.29, 0.717) is 6.54 Å². The molecule has 20 heavy (non-hydrogen) atoms. The van der Waals surface area contributed by atoms with Crippen LogP contribution in [0.25, 0.3) is 0 Å². The summed E-state index contributed by atoms with van der Waals surface area (Å²) in [5.74, 6) is -0.0275. The van der Waals surface area contributed by atoms with Crippen LogP contribution in [0.2, 0.25) is 0 Å². The predicted molar refractivity (Wildman–Crippen MR) is 79.6 cm³/mol. The molecule has 2 rings (SSSR count). The Bertz CT molecular complexity index is 577. The van der Waals surface area contributed by atoms with E-state index in [0.717, 1.165) is 29.9 Å². The lowest BCUT2D eigenvalue weighted by molar-refractivity contribution is -0.115. The summed E-state index contributed by atoms with van der Waals surface area (Å²) in [5.41, 5.74) is 2.96. The van der Waals surface area contributed by atoms with E-state index in [1.807, 2.05) is 50.5 Å². The number of nitrogens with one attached hydrogen (secondary N) is 2. The van der Waals surface area contributed by atoms with Crippen LogP contribution in [0.15, 0.2) is 36.5 Å². The van der Waals surface area contributed by atoms with E-state index in [2.05, 4.69) is 15.7 Å². The second-order valence-corrected chi connectivity index (χ2v) is 4.77. The van der Waals surface area contributed by atoms with E-state index in [-0.39, 0.29) is 5.91 Å². The van der Waals surface area contributed by atoms with Crippen LogP contribution in [0, 0.1) is 6.92 Å².